The Morgan fingerprint density at radius 3 is 2.52 bits per heavy atom. The summed E-state index contributed by atoms with van der Waals surface area (Å²) in [6, 6.07) is 12.6. The van der Waals surface area contributed by atoms with Gasteiger partial charge in [0.2, 0.25) is 6.79 Å². The number of ether oxygens (including phenoxy) is 2. The summed E-state index contributed by atoms with van der Waals surface area (Å²) in [5.41, 5.74) is 2.48. The molecule has 0 bridgehead atoms. The zero-order valence-electron chi connectivity index (χ0n) is 12.4. The number of carbonyl (C=O) groups excluding carboxylic acids is 2. The summed E-state index contributed by atoms with van der Waals surface area (Å²) in [4.78, 5) is 25.9. The van der Waals surface area contributed by atoms with E-state index in [9.17, 15) is 9.59 Å². The lowest BCUT2D eigenvalue weighted by molar-refractivity contribution is -0.121. The predicted octanol–water partition coefficient (Wildman–Crippen LogP) is 2.57. The van der Waals surface area contributed by atoms with Crippen molar-refractivity contribution < 1.29 is 19.1 Å². The molecule has 2 aliphatic heterocycles. The Hall–Kier alpha value is -3.08. The van der Waals surface area contributed by atoms with E-state index in [1.807, 2.05) is 24.3 Å². The van der Waals surface area contributed by atoms with Crippen LogP contribution in [0.15, 0.2) is 42.5 Å². The van der Waals surface area contributed by atoms with Crippen LogP contribution in [0.25, 0.3) is 11.6 Å². The van der Waals surface area contributed by atoms with Crippen LogP contribution in [0.5, 0.6) is 11.5 Å². The van der Waals surface area contributed by atoms with Crippen LogP contribution in [-0.4, -0.2) is 30.6 Å². The number of likely N-dealkylation sites (N-methyl/N-ethyl adjacent to an activating group) is 1. The summed E-state index contributed by atoms with van der Waals surface area (Å²) in [6.07, 6.45) is 1.77. The molecule has 0 N–H and O–H groups in total. The average Bonchev–Trinajstić information content (AvgIpc) is 3.04. The third-order valence-electron chi connectivity index (χ3n) is 3.99. The lowest BCUT2D eigenvalue weighted by Crippen LogP contribution is -2.38. The molecule has 0 saturated carbocycles. The summed E-state index contributed by atoms with van der Waals surface area (Å²) in [7, 11) is 1.49. The highest BCUT2D eigenvalue weighted by molar-refractivity contribution is 6.33. The molecular weight excluding hydrogens is 294 g/mol. The molecule has 0 radical (unpaired) electrons. The van der Waals surface area contributed by atoms with Crippen molar-refractivity contribution >= 4 is 23.5 Å². The van der Waals surface area contributed by atoms with E-state index in [4.69, 9.17) is 9.47 Å². The largest absolute Gasteiger partial charge is 0.454 e. The molecule has 5 nitrogen and oxygen atoms in total. The third kappa shape index (κ3) is 2.09. The Morgan fingerprint density at radius 2 is 1.70 bits per heavy atom. The summed E-state index contributed by atoms with van der Waals surface area (Å²) >= 11 is 0. The van der Waals surface area contributed by atoms with E-state index in [1.165, 1.54) is 7.05 Å². The van der Waals surface area contributed by atoms with Crippen molar-refractivity contribution in [3.63, 3.8) is 0 Å². The second-order valence-electron chi connectivity index (χ2n) is 5.39. The van der Waals surface area contributed by atoms with E-state index in [0.717, 1.165) is 10.5 Å². The van der Waals surface area contributed by atoms with E-state index in [1.54, 1.807) is 24.3 Å². The van der Waals surface area contributed by atoms with Gasteiger partial charge >= 0.3 is 0 Å². The van der Waals surface area contributed by atoms with Gasteiger partial charge in [0.05, 0.1) is 0 Å². The summed E-state index contributed by atoms with van der Waals surface area (Å²) < 4.78 is 10.7. The van der Waals surface area contributed by atoms with Crippen LogP contribution in [0, 0.1) is 0 Å². The van der Waals surface area contributed by atoms with Crippen LogP contribution >= 0.6 is 0 Å². The molecule has 2 heterocycles. The standard InChI is InChI=1S/C18H13NO4/c1-19-17(20)13-5-3-2-4-12(13)14(18(19)21)8-11-6-7-15-16(9-11)23-10-22-15/h2-9H,10H2,1H3/b14-8-. The molecule has 2 aromatic carbocycles. The van der Waals surface area contributed by atoms with Gasteiger partial charge in [0.25, 0.3) is 11.8 Å². The molecule has 5 heteroatoms. The molecule has 2 aliphatic rings. The smallest absolute Gasteiger partial charge is 0.261 e. The molecule has 2 amide bonds. The third-order valence-corrected chi connectivity index (χ3v) is 3.99. The number of hydrogen-bond acceptors (Lipinski definition) is 4. The first-order valence-electron chi connectivity index (χ1n) is 7.18. The average molecular weight is 307 g/mol. The molecule has 0 atom stereocenters. The summed E-state index contributed by atoms with van der Waals surface area (Å²) in [5.74, 6) is 0.745. The van der Waals surface area contributed by atoms with Gasteiger partial charge in [0.1, 0.15) is 0 Å². The van der Waals surface area contributed by atoms with E-state index < -0.39 is 0 Å². The number of benzene rings is 2. The van der Waals surface area contributed by atoms with Crippen molar-refractivity contribution in [2.45, 2.75) is 0 Å². The van der Waals surface area contributed by atoms with E-state index in [0.29, 0.717) is 28.2 Å². The van der Waals surface area contributed by atoms with Gasteiger partial charge in [-0.15, -0.1) is 0 Å². The highest BCUT2D eigenvalue weighted by atomic mass is 16.7. The number of rotatable bonds is 1. The lowest BCUT2D eigenvalue weighted by Gasteiger charge is -2.25. The van der Waals surface area contributed by atoms with Crippen molar-refractivity contribution in [2.75, 3.05) is 13.8 Å². The van der Waals surface area contributed by atoms with Crippen LogP contribution in [0.1, 0.15) is 21.5 Å². The maximum atomic E-state index is 12.5. The summed E-state index contributed by atoms with van der Waals surface area (Å²) in [6.45, 7) is 0.203. The normalized spacial score (nSPS) is 17.6. The Kier molecular flexibility index (Phi) is 2.94. The van der Waals surface area contributed by atoms with Crippen LogP contribution in [-0.2, 0) is 4.79 Å². The molecule has 0 aromatic heterocycles. The summed E-state index contributed by atoms with van der Waals surface area (Å²) in [5, 5.41) is 0. The van der Waals surface area contributed by atoms with Crippen molar-refractivity contribution in [3.8, 4) is 11.5 Å². The maximum absolute atomic E-state index is 12.5. The van der Waals surface area contributed by atoms with Gasteiger partial charge in [0.15, 0.2) is 11.5 Å². The van der Waals surface area contributed by atoms with Gasteiger partial charge in [-0.25, -0.2) is 0 Å². The number of hydrogen-bond donors (Lipinski definition) is 0. The number of imide groups is 1. The van der Waals surface area contributed by atoms with Gasteiger partial charge in [-0.1, -0.05) is 24.3 Å². The minimum Gasteiger partial charge on any atom is -0.454 e. The second-order valence-corrected chi connectivity index (χ2v) is 5.39. The Balaban J connectivity index is 1.85. The molecular formula is C18H13NO4. The molecule has 0 unspecified atom stereocenters. The van der Waals surface area contributed by atoms with Gasteiger partial charge in [0, 0.05) is 18.2 Å². The SMILES string of the molecule is CN1C(=O)/C(=C\c2ccc3c(c2)OCO3)c2ccccc2C1=O. The number of carbonyl (C=O) groups is 2. The van der Waals surface area contributed by atoms with Crippen LogP contribution < -0.4 is 9.47 Å². The van der Waals surface area contributed by atoms with Crippen molar-refractivity contribution in [1.82, 2.24) is 4.90 Å². The molecule has 0 fully saturated rings. The molecule has 4 rings (SSSR count). The Labute approximate surface area is 132 Å². The van der Waals surface area contributed by atoms with Crippen molar-refractivity contribution in [2.24, 2.45) is 0 Å². The van der Waals surface area contributed by atoms with Gasteiger partial charge in [-0.05, 0) is 35.4 Å². The molecule has 23 heavy (non-hydrogen) atoms. The first-order valence-corrected chi connectivity index (χ1v) is 7.18. The first kappa shape index (κ1) is 13.6. The molecule has 114 valence electrons. The van der Waals surface area contributed by atoms with Crippen LogP contribution in [0.3, 0.4) is 0 Å². The molecule has 0 aliphatic carbocycles. The Morgan fingerprint density at radius 1 is 0.957 bits per heavy atom. The van der Waals surface area contributed by atoms with Crippen molar-refractivity contribution in [1.29, 1.82) is 0 Å². The number of nitrogens with zero attached hydrogens (tertiary/aromatic N) is 1. The molecule has 0 saturated heterocycles. The van der Waals surface area contributed by atoms with E-state index in [-0.39, 0.29) is 18.6 Å². The fourth-order valence-corrected chi connectivity index (χ4v) is 2.78. The number of amides is 2. The van der Waals surface area contributed by atoms with Gasteiger partial charge in [-0.3, -0.25) is 14.5 Å². The van der Waals surface area contributed by atoms with Crippen molar-refractivity contribution in [3.05, 3.63) is 59.2 Å². The lowest BCUT2D eigenvalue weighted by atomic mass is 9.92. The quantitative estimate of drug-likeness (QED) is 0.600. The zero-order valence-corrected chi connectivity index (χ0v) is 12.4. The monoisotopic (exact) mass is 307 g/mol. The number of fused-ring (bicyclic) bond motifs is 2. The van der Waals surface area contributed by atoms with E-state index >= 15 is 0 Å². The first-order chi connectivity index (χ1) is 11.1. The van der Waals surface area contributed by atoms with Crippen LogP contribution in [0.2, 0.25) is 0 Å². The minimum atomic E-state index is -0.314. The molecule has 0 spiro atoms. The van der Waals surface area contributed by atoms with Gasteiger partial charge in [-0.2, -0.15) is 0 Å². The van der Waals surface area contributed by atoms with Crippen LogP contribution in [0.4, 0.5) is 0 Å². The molecule has 2 aromatic rings. The second kappa shape index (κ2) is 4.98. The minimum absolute atomic E-state index is 0.203. The fraction of sp³-hybridized carbons (Fsp3) is 0.111. The fourth-order valence-electron chi connectivity index (χ4n) is 2.78. The Bertz CT molecular complexity index is 869. The highest BCUT2D eigenvalue weighted by Crippen LogP contribution is 2.35. The highest BCUT2D eigenvalue weighted by Gasteiger charge is 2.31. The maximum Gasteiger partial charge on any atom is 0.261 e. The topological polar surface area (TPSA) is 55.8 Å². The van der Waals surface area contributed by atoms with E-state index in [2.05, 4.69) is 0 Å². The van der Waals surface area contributed by atoms with Gasteiger partial charge < -0.3 is 9.47 Å². The zero-order chi connectivity index (χ0) is 16.0. The predicted molar refractivity (Wildman–Crippen MR) is 84.0 cm³/mol.